The molecule has 0 spiro atoms. The van der Waals surface area contributed by atoms with Crippen LogP contribution in [0.15, 0.2) is 29.2 Å². The van der Waals surface area contributed by atoms with Gasteiger partial charge in [0.2, 0.25) is 10.0 Å². The van der Waals surface area contributed by atoms with Crippen LogP contribution < -0.4 is 5.73 Å². The Morgan fingerprint density at radius 2 is 1.36 bits per heavy atom. The molecular formula is C20H36N2O2S. The van der Waals surface area contributed by atoms with Crippen molar-refractivity contribution in [1.82, 2.24) is 4.31 Å². The van der Waals surface area contributed by atoms with Gasteiger partial charge in [-0.15, -0.1) is 0 Å². The van der Waals surface area contributed by atoms with Crippen molar-refractivity contribution in [2.24, 2.45) is 5.73 Å². The van der Waals surface area contributed by atoms with E-state index in [1.165, 1.54) is 31.2 Å². The van der Waals surface area contributed by atoms with Gasteiger partial charge in [0, 0.05) is 13.1 Å². The third-order valence-electron chi connectivity index (χ3n) is 4.43. The molecule has 0 aromatic heterocycles. The predicted octanol–water partition coefficient (Wildman–Crippen LogP) is 4.34. The largest absolute Gasteiger partial charge is 0.330 e. The Morgan fingerprint density at radius 1 is 0.840 bits per heavy atom. The number of nitrogens with zero attached hydrogens (tertiary/aromatic N) is 1. The number of rotatable bonds is 14. The molecule has 0 saturated heterocycles. The number of sulfonamides is 1. The smallest absolute Gasteiger partial charge is 0.243 e. The molecule has 1 aromatic carbocycles. The van der Waals surface area contributed by atoms with Gasteiger partial charge in [-0.05, 0) is 56.3 Å². The minimum absolute atomic E-state index is 0.417. The van der Waals surface area contributed by atoms with Crippen molar-refractivity contribution in [3.8, 4) is 0 Å². The first-order valence-corrected chi connectivity index (χ1v) is 11.3. The zero-order valence-corrected chi connectivity index (χ0v) is 16.9. The Balaban J connectivity index is 2.51. The predicted molar refractivity (Wildman–Crippen MR) is 106 cm³/mol. The van der Waals surface area contributed by atoms with Crippen LogP contribution in [0.5, 0.6) is 0 Å². The van der Waals surface area contributed by atoms with Gasteiger partial charge in [0.25, 0.3) is 0 Å². The Labute approximate surface area is 154 Å². The van der Waals surface area contributed by atoms with Crippen LogP contribution in [-0.2, 0) is 16.4 Å². The fourth-order valence-electron chi connectivity index (χ4n) is 3.01. The van der Waals surface area contributed by atoms with Crippen LogP contribution in [0.4, 0.5) is 0 Å². The molecule has 0 unspecified atom stereocenters. The molecule has 144 valence electrons. The molecular weight excluding hydrogens is 332 g/mol. The van der Waals surface area contributed by atoms with Crippen molar-refractivity contribution in [1.29, 1.82) is 0 Å². The average molecular weight is 369 g/mol. The molecule has 0 atom stereocenters. The molecule has 1 rings (SSSR count). The van der Waals surface area contributed by atoms with Crippen LogP contribution in [0.1, 0.15) is 70.8 Å². The maximum Gasteiger partial charge on any atom is 0.243 e. The van der Waals surface area contributed by atoms with Crippen LogP contribution in [0, 0.1) is 0 Å². The van der Waals surface area contributed by atoms with E-state index in [2.05, 4.69) is 0 Å². The van der Waals surface area contributed by atoms with E-state index in [-0.39, 0.29) is 0 Å². The van der Waals surface area contributed by atoms with Crippen LogP contribution in [-0.4, -0.2) is 32.4 Å². The quantitative estimate of drug-likeness (QED) is 0.497. The van der Waals surface area contributed by atoms with E-state index in [1.807, 2.05) is 26.0 Å². The summed E-state index contributed by atoms with van der Waals surface area (Å²) in [5.74, 6) is 0. The molecule has 0 heterocycles. The maximum absolute atomic E-state index is 12.7. The van der Waals surface area contributed by atoms with Gasteiger partial charge in [0.15, 0.2) is 0 Å². The minimum atomic E-state index is -3.36. The Kier molecular flexibility index (Phi) is 11.0. The van der Waals surface area contributed by atoms with E-state index in [1.54, 1.807) is 16.4 Å². The van der Waals surface area contributed by atoms with Crippen LogP contribution in [0.25, 0.3) is 0 Å². The van der Waals surface area contributed by atoms with Crippen molar-refractivity contribution < 1.29 is 8.42 Å². The molecule has 25 heavy (non-hydrogen) atoms. The summed E-state index contributed by atoms with van der Waals surface area (Å²) in [5, 5.41) is 0. The van der Waals surface area contributed by atoms with Gasteiger partial charge in [-0.2, -0.15) is 4.31 Å². The Bertz CT molecular complexity index is 550. The lowest BCUT2D eigenvalue weighted by Crippen LogP contribution is -2.32. The highest BCUT2D eigenvalue weighted by Gasteiger charge is 2.22. The van der Waals surface area contributed by atoms with Gasteiger partial charge in [-0.3, -0.25) is 0 Å². The van der Waals surface area contributed by atoms with E-state index in [9.17, 15) is 8.42 Å². The Hall–Kier alpha value is -0.910. The lowest BCUT2D eigenvalue weighted by molar-refractivity contribution is 0.410. The van der Waals surface area contributed by atoms with Crippen molar-refractivity contribution in [2.75, 3.05) is 19.6 Å². The number of hydrogen-bond acceptors (Lipinski definition) is 3. The number of hydrogen-bond donors (Lipinski definition) is 1. The van der Waals surface area contributed by atoms with Crippen molar-refractivity contribution in [3.05, 3.63) is 29.8 Å². The third-order valence-corrected chi connectivity index (χ3v) is 6.34. The molecule has 2 N–H and O–H groups in total. The molecule has 0 bridgehead atoms. The molecule has 0 amide bonds. The van der Waals surface area contributed by atoms with E-state index in [0.717, 1.165) is 38.6 Å². The first kappa shape index (κ1) is 22.1. The number of nitrogens with two attached hydrogens (primary N) is 1. The number of benzene rings is 1. The van der Waals surface area contributed by atoms with Gasteiger partial charge >= 0.3 is 0 Å². The molecule has 0 radical (unpaired) electrons. The summed E-state index contributed by atoms with van der Waals surface area (Å²) in [4.78, 5) is 0.417. The van der Waals surface area contributed by atoms with Crippen LogP contribution >= 0.6 is 0 Å². The first-order chi connectivity index (χ1) is 12.1. The monoisotopic (exact) mass is 368 g/mol. The number of aryl methyl sites for hydroxylation is 1. The standard InChI is InChI=1S/C20H36N2O2S/c1-3-17-22(18-4-2)25(23,24)20-14-12-19(13-15-20)11-9-7-5-6-8-10-16-21/h12-15H,3-11,16-18,21H2,1-2H3. The van der Waals surface area contributed by atoms with Crippen molar-refractivity contribution in [2.45, 2.75) is 76.5 Å². The lowest BCUT2D eigenvalue weighted by Gasteiger charge is -2.21. The zero-order chi connectivity index (χ0) is 18.5. The number of unbranched alkanes of at least 4 members (excludes halogenated alkanes) is 5. The van der Waals surface area contributed by atoms with Gasteiger partial charge in [-0.25, -0.2) is 8.42 Å². The van der Waals surface area contributed by atoms with Gasteiger partial charge in [0.05, 0.1) is 4.90 Å². The lowest BCUT2D eigenvalue weighted by atomic mass is 10.1. The zero-order valence-electron chi connectivity index (χ0n) is 16.0. The molecule has 4 nitrogen and oxygen atoms in total. The van der Waals surface area contributed by atoms with Crippen molar-refractivity contribution >= 4 is 10.0 Å². The topological polar surface area (TPSA) is 63.4 Å². The fourth-order valence-corrected chi connectivity index (χ4v) is 4.63. The van der Waals surface area contributed by atoms with E-state index >= 15 is 0 Å². The van der Waals surface area contributed by atoms with Crippen LogP contribution in [0.2, 0.25) is 0 Å². The average Bonchev–Trinajstić information content (AvgIpc) is 2.61. The molecule has 1 aromatic rings. The van der Waals surface area contributed by atoms with E-state index in [0.29, 0.717) is 18.0 Å². The van der Waals surface area contributed by atoms with Gasteiger partial charge in [0.1, 0.15) is 0 Å². The summed E-state index contributed by atoms with van der Waals surface area (Å²) in [7, 11) is -3.36. The summed E-state index contributed by atoms with van der Waals surface area (Å²) in [6, 6.07) is 7.48. The van der Waals surface area contributed by atoms with Crippen LogP contribution in [0.3, 0.4) is 0 Å². The summed E-state index contributed by atoms with van der Waals surface area (Å²) in [6.45, 7) is 5.99. The summed E-state index contributed by atoms with van der Waals surface area (Å²) >= 11 is 0. The summed E-state index contributed by atoms with van der Waals surface area (Å²) in [6.07, 6.45) is 9.96. The highest BCUT2D eigenvalue weighted by Crippen LogP contribution is 2.18. The van der Waals surface area contributed by atoms with E-state index in [4.69, 9.17) is 5.73 Å². The molecule has 0 aliphatic heterocycles. The first-order valence-electron chi connectivity index (χ1n) is 9.85. The fraction of sp³-hybridized carbons (Fsp3) is 0.700. The highest BCUT2D eigenvalue weighted by atomic mass is 32.2. The normalized spacial score (nSPS) is 12.0. The molecule has 0 aliphatic rings. The van der Waals surface area contributed by atoms with Gasteiger partial charge < -0.3 is 5.73 Å². The molecule has 0 aliphatic carbocycles. The maximum atomic E-state index is 12.7. The second-order valence-electron chi connectivity index (χ2n) is 6.71. The third kappa shape index (κ3) is 7.89. The summed E-state index contributed by atoms with van der Waals surface area (Å²) < 4.78 is 27.1. The summed E-state index contributed by atoms with van der Waals surface area (Å²) in [5.41, 5.74) is 6.72. The Morgan fingerprint density at radius 3 is 1.88 bits per heavy atom. The SMILES string of the molecule is CCCN(CCC)S(=O)(=O)c1ccc(CCCCCCCCN)cc1. The second kappa shape index (κ2) is 12.4. The highest BCUT2D eigenvalue weighted by molar-refractivity contribution is 7.89. The molecule has 0 fully saturated rings. The molecule has 5 heteroatoms. The van der Waals surface area contributed by atoms with Crippen molar-refractivity contribution in [3.63, 3.8) is 0 Å². The van der Waals surface area contributed by atoms with E-state index < -0.39 is 10.0 Å². The second-order valence-corrected chi connectivity index (χ2v) is 8.65. The van der Waals surface area contributed by atoms with Gasteiger partial charge in [-0.1, -0.05) is 51.7 Å². The minimum Gasteiger partial charge on any atom is -0.330 e. The molecule has 0 saturated carbocycles.